The lowest BCUT2D eigenvalue weighted by molar-refractivity contribution is -0.123. The third-order valence-electron chi connectivity index (χ3n) is 7.22. The van der Waals surface area contributed by atoms with Crippen LogP contribution in [-0.2, 0) is 11.2 Å². The maximum atomic E-state index is 14.6. The maximum Gasteiger partial charge on any atom is 0.251 e. The number of aromatic nitrogens is 1. The topological polar surface area (TPSA) is 62.3 Å². The number of likely N-dealkylation sites (N-methyl/N-ethyl adjacent to an activating group) is 1. The standard InChI is InChI=1S/C27H34ClF2N3O2/c1-5-24(34)19-9-8-18(23(28)14-19)13-21(33(3)4)17-32-25(35)15-22(20-7-6-12-31-16-20)27(10-11-27)26(2,29)30/h6-9,12,14,16,21-22H,5,10-11,13,15,17H2,1-4H3,(H,32,35)/t21-,22?/m0/s1. The van der Waals surface area contributed by atoms with Gasteiger partial charge in [0.05, 0.1) is 0 Å². The minimum atomic E-state index is -2.89. The van der Waals surface area contributed by atoms with Crippen molar-refractivity contribution in [3.05, 3.63) is 64.4 Å². The number of rotatable bonds is 12. The summed E-state index contributed by atoms with van der Waals surface area (Å²) in [5, 5.41) is 3.46. The van der Waals surface area contributed by atoms with Crippen molar-refractivity contribution in [2.24, 2.45) is 5.41 Å². The zero-order valence-electron chi connectivity index (χ0n) is 20.8. The molecule has 1 unspecified atom stereocenters. The average Bonchev–Trinajstić information content (AvgIpc) is 3.63. The van der Waals surface area contributed by atoms with Crippen LogP contribution in [0.4, 0.5) is 8.78 Å². The van der Waals surface area contributed by atoms with E-state index in [-0.39, 0.29) is 24.2 Å². The monoisotopic (exact) mass is 505 g/mol. The average molecular weight is 506 g/mol. The highest BCUT2D eigenvalue weighted by atomic mass is 35.5. The molecule has 3 rings (SSSR count). The van der Waals surface area contributed by atoms with Crippen molar-refractivity contribution >= 4 is 23.3 Å². The summed E-state index contributed by atoms with van der Waals surface area (Å²) >= 11 is 6.44. The predicted octanol–water partition coefficient (Wildman–Crippen LogP) is 5.53. The second-order valence-electron chi connectivity index (χ2n) is 9.80. The molecule has 8 heteroatoms. The fourth-order valence-electron chi connectivity index (χ4n) is 4.71. The number of pyridine rings is 1. The fraction of sp³-hybridized carbons (Fsp3) is 0.519. The molecule has 1 aliphatic rings. The third-order valence-corrected chi connectivity index (χ3v) is 7.57. The second kappa shape index (κ2) is 11.1. The highest BCUT2D eigenvalue weighted by Crippen LogP contribution is 2.65. The maximum absolute atomic E-state index is 14.6. The highest BCUT2D eigenvalue weighted by Gasteiger charge is 2.63. The summed E-state index contributed by atoms with van der Waals surface area (Å²) in [4.78, 5) is 31.0. The van der Waals surface area contributed by atoms with Crippen molar-refractivity contribution in [3.63, 3.8) is 0 Å². The molecule has 1 aromatic heterocycles. The Morgan fingerprint density at radius 3 is 2.49 bits per heavy atom. The van der Waals surface area contributed by atoms with Gasteiger partial charge in [-0.05, 0) is 63.5 Å². The summed E-state index contributed by atoms with van der Waals surface area (Å²) < 4.78 is 29.1. The number of nitrogens with zero attached hydrogens (tertiary/aromatic N) is 2. The van der Waals surface area contributed by atoms with Gasteiger partial charge in [-0.25, -0.2) is 8.78 Å². The Labute approximate surface area is 211 Å². The van der Waals surface area contributed by atoms with E-state index in [0.717, 1.165) is 12.5 Å². The summed E-state index contributed by atoms with van der Waals surface area (Å²) in [6.45, 7) is 3.10. The Bertz CT molecular complexity index is 1040. The molecular weight excluding hydrogens is 472 g/mol. The number of amides is 1. The highest BCUT2D eigenvalue weighted by molar-refractivity contribution is 6.31. The largest absolute Gasteiger partial charge is 0.355 e. The van der Waals surface area contributed by atoms with Crippen LogP contribution < -0.4 is 5.32 Å². The van der Waals surface area contributed by atoms with Crippen LogP contribution in [0.15, 0.2) is 42.7 Å². The van der Waals surface area contributed by atoms with E-state index >= 15 is 0 Å². The van der Waals surface area contributed by atoms with Crippen LogP contribution in [0.5, 0.6) is 0 Å². The number of carbonyl (C=O) groups is 2. The lowest BCUT2D eigenvalue weighted by atomic mass is 9.77. The van der Waals surface area contributed by atoms with Gasteiger partial charge in [-0.2, -0.15) is 0 Å². The minimum Gasteiger partial charge on any atom is -0.355 e. The summed E-state index contributed by atoms with van der Waals surface area (Å²) in [5.41, 5.74) is 0.918. The van der Waals surface area contributed by atoms with Crippen molar-refractivity contribution in [1.29, 1.82) is 0 Å². The molecule has 1 aromatic carbocycles. The van der Waals surface area contributed by atoms with Crippen LogP contribution in [0.3, 0.4) is 0 Å². The molecule has 0 aliphatic heterocycles. The number of Topliss-reactive ketones (excluding diaryl/α,β-unsaturated/α-hetero) is 1. The number of alkyl halides is 2. The molecule has 35 heavy (non-hydrogen) atoms. The number of hydrogen-bond donors (Lipinski definition) is 1. The third kappa shape index (κ3) is 6.44. The van der Waals surface area contributed by atoms with E-state index in [1.54, 1.807) is 43.6 Å². The molecule has 190 valence electrons. The molecule has 1 heterocycles. The first-order valence-corrected chi connectivity index (χ1v) is 12.4. The van der Waals surface area contributed by atoms with Crippen LogP contribution in [-0.4, -0.2) is 54.2 Å². The van der Waals surface area contributed by atoms with Gasteiger partial charge in [0.1, 0.15) is 0 Å². The minimum absolute atomic E-state index is 0.0240. The van der Waals surface area contributed by atoms with Gasteiger partial charge in [0, 0.05) is 59.7 Å². The smallest absolute Gasteiger partial charge is 0.251 e. The Kier molecular flexibility index (Phi) is 8.65. The molecule has 2 atom stereocenters. The number of halogens is 3. The Balaban J connectivity index is 1.68. The van der Waals surface area contributed by atoms with E-state index in [0.29, 0.717) is 48.4 Å². The van der Waals surface area contributed by atoms with E-state index in [4.69, 9.17) is 11.6 Å². The van der Waals surface area contributed by atoms with E-state index in [1.807, 2.05) is 25.1 Å². The molecule has 0 spiro atoms. The number of ketones is 1. The molecule has 1 aliphatic carbocycles. The second-order valence-corrected chi connectivity index (χ2v) is 10.2. The van der Waals surface area contributed by atoms with Gasteiger partial charge in [-0.3, -0.25) is 14.6 Å². The van der Waals surface area contributed by atoms with E-state index in [9.17, 15) is 18.4 Å². The van der Waals surface area contributed by atoms with Crippen LogP contribution in [0.1, 0.15) is 66.9 Å². The van der Waals surface area contributed by atoms with Crippen LogP contribution in [0.2, 0.25) is 5.02 Å². The molecule has 0 saturated heterocycles. The number of benzene rings is 1. The molecule has 1 saturated carbocycles. The Morgan fingerprint density at radius 2 is 1.97 bits per heavy atom. The SMILES string of the molecule is CCC(=O)c1ccc(C[C@@H](CNC(=O)CC(c2cccnc2)C2(C(C)(F)F)CC2)N(C)C)c(Cl)c1. The van der Waals surface area contributed by atoms with Crippen molar-refractivity contribution in [1.82, 2.24) is 15.2 Å². The van der Waals surface area contributed by atoms with E-state index in [2.05, 4.69) is 10.3 Å². The molecule has 0 radical (unpaired) electrons. The zero-order chi connectivity index (χ0) is 25.8. The Morgan fingerprint density at radius 1 is 1.26 bits per heavy atom. The molecule has 2 aromatic rings. The van der Waals surface area contributed by atoms with Crippen LogP contribution >= 0.6 is 11.6 Å². The van der Waals surface area contributed by atoms with Crippen LogP contribution in [0, 0.1) is 5.41 Å². The van der Waals surface area contributed by atoms with Crippen molar-refractivity contribution in [3.8, 4) is 0 Å². The first kappa shape index (κ1) is 27.2. The number of carbonyl (C=O) groups excluding carboxylic acids is 2. The van der Waals surface area contributed by atoms with Crippen molar-refractivity contribution in [2.75, 3.05) is 20.6 Å². The summed E-state index contributed by atoms with van der Waals surface area (Å²) in [6.07, 6.45) is 4.91. The first-order chi connectivity index (χ1) is 16.5. The lowest BCUT2D eigenvalue weighted by Gasteiger charge is -2.32. The van der Waals surface area contributed by atoms with Crippen LogP contribution in [0.25, 0.3) is 0 Å². The lowest BCUT2D eigenvalue weighted by Crippen LogP contribution is -2.43. The summed E-state index contributed by atoms with van der Waals surface area (Å²) in [7, 11) is 3.82. The number of hydrogen-bond acceptors (Lipinski definition) is 4. The van der Waals surface area contributed by atoms with Crippen molar-refractivity contribution < 1.29 is 18.4 Å². The van der Waals surface area contributed by atoms with Gasteiger partial charge < -0.3 is 10.2 Å². The van der Waals surface area contributed by atoms with E-state index < -0.39 is 17.3 Å². The van der Waals surface area contributed by atoms with Gasteiger partial charge in [0.25, 0.3) is 5.92 Å². The van der Waals surface area contributed by atoms with Gasteiger partial charge in [-0.15, -0.1) is 0 Å². The van der Waals surface area contributed by atoms with Gasteiger partial charge >= 0.3 is 0 Å². The zero-order valence-corrected chi connectivity index (χ0v) is 21.5. The molecule has 5 nitrogen and oxygen atoms in total. The molecule has 0 bridgehead atoms. The predicted molar refractivity (Wildman–Crippen MR) is 134 cm³/mol. The number of nitrogens with one attached hydrogen (secondary N) is 1. The Hall–Kier alpha value is -2.38. The first-order valence-electron chi connectivity index (χ1n) is 12.0. The molecule has 1 fully saturated rings. The molecule has 1 N–H and O–H groups in total. The fourth-order valence-corrected chi connectivity index (χ4v) is 4.97. The molecular formula is C27H34ClF2N3O2. The van der Waals surface area contributed by atoms with E-state index in [1.165, 1.54) is 0 Å². The van der Waals surface area contributed by atoms with Gasteiger partial charge in [0.2, 0.25) is 5.91 Å². The molecule has 1 amide bonds. The quantitative estimate of drug-likeness (QED) is 0.385. The summed E-state index contributed by atoms with van der Waals surface area (Å²) in [5.74, 6) is -3.73. The summed E-state index contributed by atoms with van der Waals surface area (Å²) in [6, 6.07) is 8.73. The van der Waals surface area contributed by atoms with Crippen molar-refractivity contribution in [2.45, 2.75) is 63.8 Å². The normalized spacial score (nSPS) is 16.6. The van der Waals surface area contributed by atoms with Gasteiger partial charge in [-0.1, -0.05) is 36.7 Å². The van der Waals surface area contributed by atoms with Gasteiger partial charge in [0.15, 0.2) is 5.78 Å².